The molecule has 0 heterocycles. The SMILES string of the molecule is CCO.O.[K+].[OH-]. The van der Waals surface area contributed by atoms with Crippen molar-refractivity contribution in [3.05, 3.63) is 0 Å². The summed E-state index contributed by atoms with van der Waals surface area (Å²) in [6.07, 6.45) is 0. The molecule has 0 aromatic heterocycles. The summed E-state index contributed by atoms with van der Waals surface area (Å²) in [4.78, 5) is 0. The predicted molar refractivity (Wildman–Crippen MR) is 18.3 cm³/mol. The van der Waals surface area contributed by atoms with Crippen LogP contribution in [0.4, 0.5) is 0 Å². The first-order valence-corrected chi connectivity index (χ1v) is 1.02. The predicted octanol–water partition coefficient (Wildman–Crippen LogP) is -4.00. The van der Waals surface area contributed by atoms with E-state index in [1.165, 1.54) is 0 Å². The molecule has 0 unspecified atom stereocenters. The summed E-state index contributed by atoms with van der Waals surface area (Å²) in [6, 6.07) is 0. The van der Waals surface area contributed by atoms with Crippen molar-refractivity contribution >= 4 is 0 Å². The third-order valence-electron chi connectivity index (χ3n) is 0. The second-order valence-electron chi connectivity index (χ2n) is 0.316. The zero-order chi connectivity index (χ0) is 2.71. The van der Waals surface area contributed by atoms with Crippen LogP contribution in [-0.4, -0.2) is 22.7 Å². The van der Waals surface area contributed by atoms with Gasteiger partial charge in [0.15, 0.2) is 0 Å². The molecule has 4 heteroatoms. The van der Waals surface area contributed by atoms with Crippen molar-refractivity contribution < 1.29 is 67.4 Å². The Morgan fingerprint density at radius 3 is 1.50 bits per heavy atom. The van der Waals surface area contributed by atoms with Crippen molar-refractivity contribution in [2.75, 3.05) is 6.61 Å². The number of aliphatic hydroxyl groups is 1. The van der Waals surface area contributed by atoms with Gasteiger partial charge in [-0.05, 0) is 6.92 Å². The van der Waals surface area contributed by atoms with Crippen LogP contribution in [-0.2, 0) is 0 Å². The number of rotatable bonds is 0. The normalized spacial score (nSPS) is 3.00. The van der Waals surface area contributed by atoms with Crippen LogP contribution in [0.5, 0.6) is 0 Å². The van der Waals surface area contributed by atoms with Gasteiger partial charge in [0, 0.05) is 6.61 Å². The summed E-state index contributed by atoms with van der Waals surface area (Å²) in [5.41, 5.74) is 0. The van der Waals surface area contributed by atoms with E-state index in [1.54, 1.807) is 6.92 Å². The van der Waals surface area contributed by atoms with Crippen molar-refractivity contribution in [2.24, 2.45) is 0 Å². The number of aliphatic hydroxyl groups excluding tert-OH is 1. The zero-order valence-corrected chi connectivity index (χ0v) is 7.22. The maximum absolute atomic E-state index is 7.57. The minimum atomic E-state index is 0. The van der Waals surface area contributed by atoms with Crippen molar-refractivity contribution in [2.45, 2.75) is 6.92 Å². The molecule has 0 atom stereocenters. The second kappa shape index (κ2) is 31.3. The Bertz CT molecular complexity index is 8.75. The smallest absolute Gasteiger partial charge is 0.870 e. The summed E-state index contributed by atoms with van der Waals surface area (Å²) in [5.74, 6) is 0. The van der Waals surface area contributed by atoms with E-state index in [1.807, 2.05) is 0 Å². The van der Waals surface area contributed by atoms with Gasteiger partial charge in [-0.15, -0.1) is 0 Å². The molecule has 0 bridgehead atoms. The molecule has 0 aliphatic heterocycles. The molecule has 0 aromatic rings. The van der Waals surface area contributed by atoms with E-state index in [0.717, 1.165) is 0 Å². The standard InChI is InChI=1S/C2H6O.K.2H2O/c1-2-3;;;/h3H,2H2,1H3;;2*1H2/q;+1;;/p-1. The number of hydrogen-bond donors (Lipinski definition) is 1. The molecule has 0 amide bonds. The summed E-state index contributed by atoms with van der Waals surface area (Å²) < 4.78 is 0. The minimum Gasteiger partial charge on any atom is -0.870 e. The van der Waals surface area contributed by atoms with Crippen molar-refractivity contribution in [3.63, 3.8) is 0 Å². The third-order valence-corrected chi connectivity index (χ3v) is 0. The van der Waals surface area contributed by atoms with Gasteiger partial charge >= 0.3 is 51.4 Å². The van der Waals surface area contributed by atoms with Crippen LogP contribution in [0.1, 0.15) is 6.92 Å². The van der Waals surface area contributed by atoms with Gasteiger partial charge in [-0.25, -0.2) is 0 Å². The average Bonchev–Trinajstić information content (AvgIpc) is 0.918. The quantitative estimate of drug-likeness (QED) is 0.330. The molecule has 0 saturated heterocycles. The third kappa shape index (κ3) is 48.9. The average molecular weight is 120 g/mol. The fourth-order valence-electron chi connectivity index (χ4n) is 0. The van der Waals surface area contributed by atoms with Crippen molar-refractivity contribution in [3.8, 4) is 0 Å². The topological polar surface area (TPSA) is 81.7 Å². The van der Waals surface area contributed by atoms with Gasteiger partial charge in [0.25, 0.3) is 0 Å². The Morgan fingerprint density at radius 1 is 1.50 bits per heavy atom. The molecule has 0 aliphatic rings. The van der Waals surface area contributed by atoms with E-state index >= 15 is 0 Å². The van der Waals surface area contributed by atoms with Gasteiger partial charge in [-0.2, -0.15) is 0 Å². The van der Waals surface area contributed by atoms with Gasteiger partial charge < -0.3 is 16.1 Å². The first-order valence-electron chi connectivity index (χ1n) is 1.02. The summed E-state index contributed by atoms with van der Waals surface area (Å²) >= 11 is 0. The fourth-order valence-corrected chi connectivity index (χ4v) is 0. The van der Waals surface area contributed by atoms with Gasteiger partial charge in [0.2, 0.25) is 0 Å². The molecule has 36 valence electrons. The number of hydrogen-bond acceptors (Lipinski definition) is 2. The van der Waals surface area contributed by atoms with Gasteiger partial charge in [0.05, 0.1) is 0 Å². The molecule has 0 fully saturated rings. The first-order chi connectivity index (χ1) is 1.41. The van der Waals surface area contributed by atoms with Crippen LogP contribution in [0, 0.1) is 0 Å². The van der Waals surface area contributed by atoms with E-state index < -0.39 is 0 Å². The van der Waals surface area contributed by atoms with E-state index in [0.29, 0.717) is 0 Å². The summed E-state index contributed by atoms with van der Waals surface area (Å²) in [5, 5.41) is 7.57. The first kappa shape index (κ1) is 25.8. The fraction of sp³-hybridized carbons (Fsp3) is 1.00. The summed E-state index contributed by atoms with van der Waals surface area (Å²) in [6.45, 7) is 1.93. The van der Waals surface area contributed by atoms with Gasteiger partial charge in [-0.1, -0.05) is 0 Å². The molecule has 0 aromatic carbocycles. The molecule has 0 radical (unpaired) electrons. The molecule has 3 nitrogen and oxygen atoms in total. The van der Waals surface area contributed by atoms with Gasteiger partial charge in [0.1, 0.15) is 0 Å². The van der Waals surface area contributed by atoms with Crippen LogP contribution >= 0.6 is 0 Å². The Labute approximate surface area is 79.8 Å². The van der Waals surface area contributed by atoms with Crippen LogP contribution < -0.4 is 51.4 Å². The van der Waals surface area contributed by atoms with Crippen LogP contribution in [0.25, 0.3) is 0 Å². The van der Waals surface area contributed by atoms with Crippen LogP contribution in [0.3, 0.4) is 0 Å². The van der Waals surface area contributed by atoms with E-state index in [4.69, 9.17) is 5.11 Å². The Kier molecular flexibility index (Phi) is 135. The maximum atomic E-state index is 7.57. The van der Waals surface area contributed by atoms with E-state index in [9.17, 15) is 0 Å². The maximum Gasteiger partial charge on any atom is 1.00 e. The van der Waals surface area contributed by atoms with E-state index in [-0.39, 0.29) is 68.9 Å². The van der Waals surface area contributed by atoms with Gasteiger partial charge in [-0.3, -0.25) is 0 Å². The van der Waals surface area contributed by atoms with E-state index in [2.05, 4.69) is 0 Å². The van der Waals surface area contributed by atoms with Crippen molar-refractivity contribution in [1.82, 2.24) is 0 Å². The Balaban J connectivity index is -0.00000000667. The molecule has 0 aliphatic carbocycles. The zero-order valence-electron chi connectivity index (χ0n) is 4.10. The molecular formula is C2H9KO3. The largest absolute Gasteiger partial charge is 1.00 e. The molecular weight excluding hydrogens is 111 g/mol. The monoisotopic (exact) mass is 120 g/mol. The summed E-state index contributed by atoms with van der Waals surface area (Å²) in [7, 11) is 0. The van der Waals surface area contributed by atoms with Crippen LogP contribution in [0.15, 0.2) is 0 Å². The molecule has 6 heavy (non-hydrogen) atoms. The molecule has 0 spiro atoms. The Morgan fingerprint density at radius 2 is 1.50 bits per heavy atom. The minimum absolute atomic E-state index is 0. The Hall–Kier alpha value is 1.52. The molecule has 4 N–H and O–H groups in total. The molecule has 0 rings (SSSR count). The molecule has 0 saturated carbocycles. The second-order valence-corrected chi connectivity index (χ2v) is 0.316. The van der Waals surface area contributed by atoms with Crippen molar-refractivity contribution in [1.29, 1.82) is 0 Å². The van der Waals surface area contributed by atoms with Crippen LogP contribution in [0.2, 0.25) is 0 Å².